The molecule has 0 aliphatic carbocycles. The number of amidine groups is 1. The SMILES string of the molecule is C=CCN1C(=O)[C@H](CC(=O)[O-])SC1=Nc1ccc(C)cc1. The number of aliphatic imine (C=N–C) groups is 1. The lowest BCUT2D eigenvalue weighted by Gasteiger charge is -2.13. The van der Waals surface area contributed by atoms with Gasteiger partial charge in [0.1, 0.15) is 0 Å². The van der Waals surface area contributed by atoms with Crippen LogP contribution in [0.2, 0.25) is 0 Å². The predicted molar refractivity (Wildman–Crippen MR) is 81.2 cm³/mol. The van der Waals surface area contributed by atoms with Crippen molar-refractivity contribution in [3.8, 4) is 0 Å². The quantitative estimate of drug-likeness (QED) is 0.768. The monoisotopic (exact) mass is 303 g/mol. The summed E-state index contributed by atoms with van der Waals surface area (Å²) < 4.78 is 0. The van der Waals surface area contributed by atoms with Gasteiger partial charge in [-0.2, -0.15) is 0 Å². The highest BCUT2D eigenvalue weighted by molar-refractivity contribution is 8.15. The number of carbonyl (C=O) groups is 2. The number of benzene rings is 1. The van der Waals surface area contributed by atoms with Crippen LogP contribution in [0.4, 0.5) is 5.69 Å². The topological polar surface area (TPSA) is 72.8 Å². The smallest absolute Gasteiger partial charge is 0.242 e. The summed E-state index contributed by atoms with van der Waals surface area (Å²) in [7, 11) is 0. The molecule has 0 N–H and O–H groups in total. The van der Waals surface area contributed by atoms with E-state index in [2.05, 4.69) is 11.6 Å². The Hall–Kier alpha value is -2.08. The summed E-state index contributed by atoms with van der Waals surface area (Å²) in [6.45, 7) is 5.89. The van der Waals surface area contributed by atoms with Crippen LogP contribution in [-0.4, -0.2) is 33.7 Å². The van der Waals surface area contributed by atoms with Crippen molar-refractivity contribution in [3.63, 3.8) is 0 Å². The van der Waals surface area contributed by atoms with Gasteiger partial charge in [0.05, 0.1) is 10.9 Å². The highest BCUT2D eigenvalue weighted by Crippen LogP contribution is 2.31. The number of amides is 1. The zero-order valence-corrected chi connectivity index (χ0v) is 12.4. The normalized spacial score (nSPS) is 20.0. The average molecular weight is 303 g/mol. The summed E-state index contributed by atoms with van der Waals surface area (Å²) >= 11 is 1.15. The fourth-order valence-corrected chi connectivity index (χ4v) is 3.06. The van der Waals surface area contributed by atoms with Gasteiger partial charge in [0.25, 0.3) is 0 Å². The standard InChI is InChI=1S/C15H16N2O3S/c1-3-8-17-14(20)12(9-13(18)19)21-15(17)16-11-6-4-10(2)5-7-11/h3-7,12H,1,8-9H2,2H3,(H,18,19)/p-1/t12-/m0/s1. The van der Waals surface area contributed by atoms with Gasteiger partial charge in [0, 0.05) is 18.9 Å². The molecule has 6 heteroatoms. The number of aliphatic carboxylic acids is 1. The van der Waals surface area contributed by atoms with Crippen molar-refractivity contribution < 1.29 is 14.7 Å². The van der Waals surface area contributed by atoms with Gasteiger partial charge in [-0.15, -0.1) is 6.58 Å². The highest BCUT2D eigenvalue weighted by Gasteiger charge is 2.37. The van der Waals surface area contributed by atoms with Crippen LogP contribution in [-0.2, 0) is 9.59 Å². The number of carboxylic acids is 1. The minimum absolute atomic E-state index is 0.269. The number of hydrogen-bond acceptors (Lipinski definition) is 5. The minimum atomic E-state index is -1.24. The molecule has 0 saturated carbocycles. The zero-order valence-electron chi connectivity index (χ0n) is 11.6. The van der Waals surface area contributed by atoms with Gasteiger partial charge in [-0.3, -0.25) is 9.69 Å². The lowest BCUT2D eigenvalue weighted by atomic mass is 10.2. The summed E-state index contributed by atoms with van der Waals surface area (Å²) in [6.07, 6.45) is 1.27. The lowest BCUT2D eigenvalue weighted by Crippen LogP contribution is -2.35. The molecule has 1 aromatic rings. The molecule has 2 rings (SSSR count). The predicted octanol–water partition coefficient (Wildman–Crippen LogP) is 1.25. The summed E-state index contributed by atoms with van der Waals surface area (Å²) in [6, 6.07) is 7.56. The van der Waals surface area contributed by atoms with E-state index in [1.54, 1.807) is 6.08 Å². The van der Waals surface area contributed by atoms with Gasteiger partial charge in [0.2, 0.25) is 5.91 Å². The van der Waals surface area contributed by atoms with Crippen molar-refractivity contribution in [1.29, 1.82) is 0 Å². The second kappa shape index (κ2) is 6.58. The molecule has 1 aliphatic rings. The maximum atomic E-state index is 12.2. The van der Waals surface area contributed by atoms with E-state index < -0.39 is 11.2 Å². The third-order valence-electron chi connectivity index (χ3n) is 2.94. The van der Waals surface area contributed by atoms with Crippen LogP contribution in [0, 0.1) is 6.92 Å². The van der Waals surface area contributed by atoms with E-state index in [1.165, 1.54) is 4.90 Å². The molecule has 1 saturated heterocycles. The molecule has 1 heterocycles. The molecule has 1 amide bonds. The number of aryl methyl sites for hydroxylation is 1. The Morgan fingerprint density at radius 2 is 2.14 bits per heavy atom. The van der Waals surface area contributed by atoms with E-state index in [-0.39, 0.29) is 12.3 Å². The van der Waals surface area contributed by atoms with Crippen molar-refractivity contribution in [2.75, 3.05) is 6.54 Å². The molecule has 1 atom stereocenters. The fourth-order valence-electron chi connectivity index (χ4n) is 1.90. The lowest BCUT2D eigenvalue weighted by molar-refractivity contribution is -0.305. The molecule has 5 nitrogen and oxygen atoms in total. The molecule has 0 bridgehead atoms. The summed E-state index contributed by atoms with van der Waals surface area (Å²) in [5.41, 5.74) is 1.84. The molecule has 0 unspecified atom stereocenters. The molecule has 1 aliphatic heterocycles. The summed E-state index contributed by atoms with van der Waals surface area (Å²) in [5, 5.41) is 10.5. The number of hydrogen-bond donors (Lipinski definition) is 0. The fraction of sp³-hybridized carbons (Fsp3) is 0.267. The number of carboxylic acid groups (broad SMARTS) is 1. The Labute approximate surface area is 127 Å². The van der Waals surface area contributed by atoms with Crippen LogP contribution >= 0.6 is 11.8 Å². The van der Waals surface area contributed by atoms with Crippen molar-refractivity contribution in [2.45, 2.75) is 18.6 Å². The second-order valence-corrected chi connectivity index (χ2v) is 5.82. The van der Waals surface area contributed by atoms with E-state index in [0.717, 1.165) is 23.0 Å². The minimum Gasteiger partial charge on any atom is -0.550 e. The van der Waals surface area contributed by atoms with Gasteiger partial charge in [-0.25, -0.2) is 4.99 Å². The molecule has 0 aromatic heterocycles. The molecular weight excluding hydrogens is 288 g/mol. The maximum absolute atomic E-state index is 12.2. The summed E-state index contributed by atoms with van der Waals surface area (Å²) in [4.78, 5) is 28.8. The van der Waals surface area contributed by atoms with E-state index >= 15 is 0 Å². The third-order valence-corrected chi connectivity index (χ3v) is 4.12. The first-order chi connectivity index (χ1) is 10.0. The maximum Gasteiger partial charge on any atom is 0.242 e. The zero-order chi connectivity index (χ0) is 15.4. The van der Waals surface area contributed by atoms with Crippen molar-refractivity contribution >= 4 is 34.5 Å². The molecule has 0 spiro atoms. The van der Waals surface area contributed by atoms with Crippen LogP contribution < -0.4 is 5.11 Å². The highest BCUT2D eigenvalue weighted by atomic mass is 32.2. The van der Waals surface area contributed by atoms with Gasteiger partial charge in [-0.05, 0) is 19.1 Å². The average Bonchev–Trinajstić information content (AvgIpc) is 2.70. The van der Waals surface area contributed by atoms with E-state index in [9.17, 15) is 14.7 Å². The Morgan fingerprint density at radius 1 is 1.48 bits per heavy atom. The Kier molecular flexibility index (Phi) is 4.80. The first kappa shape index (κ1) is 15.3. The van der Waals surface area contributed by atoms with Crippen LogP contribution in [0.15, 0.2) is 41.9 Å². The second-order valence-electron chi connectivity index (χ2n) is 4.65. The molecule has 110 valence electrons. The molecule has 21 heavy (non-hydrogen) atoms. The van der Waals surface area contributed by atoms with Crippen molar-refractivity contribution in [3.05, 3.63) is 42.5 Å². The molecular formula is C15H15N2O3S-. The van der Waals surface area contributed by atoms with E-state index in [4.69, 9.17) is 0 Å². The molecule has 0 radical (unpaired) electrons. The summed E-state index contributed by atoms with van der Waals surface area (Å²) in [5.74, 6) is -1.51. The van der Waals surface area contributed by atoms with Gasteiger partial charge in [-0.1, -0.05) is 35.5 Å². The Balaban J connectivity index is 2.27. The van der Waals surface area contributed by atoms with Crippen LogP contribution in [0.25, 0.3) is 0 Å². The number of carbonyl (C=O) groups excluding carboxylic acids is 2. The van der Waals surface area contributed by atoms with Crippen LogP contribution in [0.3, 0.4) is 0 Å². The Bertz CT molecular complexity index is 595. The van der Waals surface area contributed by atoms with Crippen molar-refractivity contribution in [2.24, 2.45) is 4.99 Å². The first-order valence-electron chi connectivity index (χ1n) is 6.45. The largest absolute Gasteiger partial charge is 0.550 e. The number of thioether (sulfide) groups is 1. The number of rotatable bonds is 5. The number of nitrogens with zero attached hydrogens (tertiary/aromatic N) is 2. The van der Waals surface area contributed by atoms with Gasteiger partial charge in [0.15, 0.2) is 5.17 Å². The third kappa shape index (κ3) is 3.72. The molecule has 1 fully saturated rings. The van der Waals surface area contributed by atoms with E-state index in [0.29, 0.717) is 11.7 Å². The van der Waals surface area contributed by atoms with Crippen molar-refractivity contribution in [1.82, 2.24) is 4.90 Å². The van der Waals surface area contributed by atoms with Crippen LogP contribution in [0.5, 0.6) is 0 Å². The first-order valence-corrected chi connectivity index (χ1v) is 7.33. The van der Waals surface area contributed by atoms with Gasteiger partial charge >= 0.3 is 0 Å². The van der Waals surface area contributed by atoms with Gasteiger partial charge < -0.3 is 9.90 Å². The molecule has 1 aromatic carbocycles. The van der Waals surface area contributed by atoms with Crippen LogP contribution in [0.1, 0.15) is 12.0 Å². The Morgan fingerprint density at radius 3 is 2.71 bits per heavy atom. The van der Waals surface area contributed by atoms with E-state index in [1.807, 2.05) is 31.2 Å².